The maximum atomic E-state index is 12.7. The summed E-state index contributed by atoms with van der Waals surface area (Å²) in [5.74, 6) is -2.64. The van der Waals surface area contributed by atoms with Crippen molar-refractivity contribution in [1.29, 1.82) is 0 Å². The third-order valence-electron chi connectivity index (χ3n) is 2.95. The van der Waals surface area contributed by atoms with E-state index < -0.39 is 75.1 Å². The highest BCUT2D eigenvalue weighted by atomic mass is 32.2. The van der Waals surface area contributed by atoms with Crippen molar-refractivity contribution < 1.29 is 31.7 Å². The number of hydrogen-bond acceptors (Lipinski definition) is 6. The molecule has 0 aromatic heterocycles. The first-order chi connectivity index (χ1) is 14.3. The number of benzene rings is 2. The molecule has 0 amide bonds. The van der Waals surface area contributed by atoms with Crippen molar-refractivity contribution in [2.45, 2.75) is 11.8 Å². The summed E-state index contributed by atoms with van der Waals surface area (Å²) in [4.78, 5) is 12.6. The van der Waals surface area contributed by atoms with E-state index in [1.54, 1.807) is 18.2 Å². The first kappa shape index (κ1) is 9.48. The average Bonchev–Trinajstić information content (AvgIpc) is 2.99. The third kappa shape index (κ3) is 3.41. The molecule has 1 heterocycles. The van der Waals surface area contributed by atoms with Gasteiger partial charge in [0.1, 0.15) is 5.70 Å². The lowest BCUT2D eigenvalue weighted by Crippen LogP contribution is -2.16. The molecule has 1 atom stereocenters. The van der Waals surface area contributed by atoms with E-state index in [1.165, 1.54) is 12.1 Å². The van der Waals surface area contributed by atoms with E-state index in [-0.39, 0.29) is 0 Å². The zero-order chi connectivity index (χ0) is 23.3. The fraction of sp³-hybridized carbons (Fsp3) is 0.118. The minimum absolute atomic E-state index is 0.347. The molecule has 1 aliphatic heterocycles. The molecule has 0 aliphatic carbocycles. The molecular weight excluding hydrogens is 330 g/mol. The smallest absolute Gasteiger partial charge is 0.313 e. The Morgan fingerprint density at radius 1 is 1.21 bits per heavy atom. The quantitative estimate of drug-likeness (QED) is 0.827. The molecule has 24 heavy (non-hydrogen) atoms. The fourth-order valence-corrected chi connectivity index (χ4v) is 2.74. The maximum Gasteiger partial charge on any atom is 0.313 e. The summed E-state index contributed by atoms with van der Waals surface area (Å²) in [5, 5.41) is 0. The van der Waals surface area contributed by atoms with Crippen LogP contribution in [0.1, 0.15) is 26.8 Å². The largest absolute Gasteiger partial charge is 0.460 e. The zero-order valence-electron chi connectivity index (χ0n) is 19.0. The van der Waals surface area contributed by atoms with E-state index in [0.717, 1.165) is 0 Å². The van der Waals surface area contributed by atoms with Gasteiger partial charge < -0.3 is 14.7 Å². The lowest BCUT2D eigenvalue weighted by atomic mass is 10.1. The van der Waals surface area contributed by atoms with Crippen LogP contribution >= 0.6 is 0 Å². The van der Waals surface area contributed by atoms with Gasteiger partial charge in [-0.3, -0.25) is 4.79 Å². The van der Waals surface area contributed by atoms with Gasteiger partial charge in [0.25, 0.3) is 0 Å². The van der Waals surface area contributed by atoms with Crippen molar-refractivity contribution >= 4 is 15.9 Å². The van der Waals surface area contributed by atoms with E-state index in [1.807, 2.05) is 0 Å². The molecule has 0 saturated heterocycles. The first-order valence-corrected chi connectivity index (χ1v) is 7.99. The predicted molar refractivity (Wildman–Crippen MR) is 86.6 cm³/mol. The van der Waals surface area contributed by atoms with Gasteiger partial charge in [-0.25, -0.2) is 0 Å². The SMILES string of the molecule is [2H]c1c([2H])c([2H])c(C([2H])([2H])S(=O)(=O)OC2=C(N)OC(c3ccccc3)C2=O)c([2H])c1[2H]. The molecule has 0 bridgehead atoms. The normalized spacial score (nSPS) is 22.4. The van der Waals surface area contributed by atoms with Gasteiger partial charge in [0.2, 0.25) is 17.4 Å². The maximum absolute atomic E-state index is 12.7. The van der Waals surface area contributed by atoms with Crippen LogP contribution in [0.2, 0.25) is 0 Å². The van der Waals surface area contributed by atoms with Gasteiger partial charge in [0, 0.05) is 5.56 Å². The molecule has 1 unspecified atom stereocenters. The van der Waals surface area contributed by atoms with Crippen molar-refractivity contribution in [3.05, 3.63) is 83.3 Å². The summed E-state index contributed by atoms with van der Waals surface area (Å²) in [5.41, 5.74) is 1.14. The Morgan fingerprint density at radius 2 is 1.88 bits per heavy atom. The van der Waals surface area contributed by atoms with Gasteiger partial charge in [0.15, 0.2) is 6.10 Å². The summed E-state index contributed by atoms with van der Waals surface area (Å²) in [6.45, 7) is 0. The van der Waals surface area contributed by atoms with Crippen LogP contribution in [-0.4, -0.2) is 14.2 Å². The number of Topliss-reactive ketones (excluding diaryl/α,β-unsaturated/α-hetero) is 1. The minimum Gasteiger partial charge on any atom is -0.460 e. The lowest BCUT2D eigenvalue weighted by molar-refractivity contribution is -0.123. The molecular formula is C17H15NO5S. The second-order valence-corrected chi connectivity index (χ2v) is 5.88. The van der Waals surface area contributed by atoms with E-state index >= 15 is 0 Å². The predicted octanol–water partition coefficient (Wildman–Crippen LogP) is 2.00. The molecule has 0 saturated carbocycles. The summed E-state index contributed by atoms with van der Waals surface area (Å²) >= 11 is 0. The van der Waals surface area contributed by atoms with Crippen molar-refractivity contribution in [2.24, 2.45) is 5.73 Å². The fourth-order valence-electron chi connectivity index (χ4n) is 1.96. The summed E-state index contributed by atoms with van der Waals surface area (Å²) < 4.78 is 89.7. The molecule has 2 aromatic rings. The second kappa shape index (κ2) is 6.37. The molecule has 7 heteroatoms. The van der Waals surface area contributed by atoms with Crippen LogP contribution in [0.25, 0.3) is 0 Å². The van der Waals surface area contributed by atoms with Crippen LogP contribution in [0.5, 0.6) is 0 Å². The molecule has 124 valence electrons. The molecule has 2 aromatic carbocycles. The minimum atomic E-state index is -5.43. The number of carbonyl (C=O) groups excluding carboxylic acids is 1. The Hall–Kier alpha value is -2.80. The monoisotopic (exact) mass is 352 g/mol. The van der Waals surface area contributed by atoms with Gasteiger partial charge in [0.05, 0.1) is 9.60 Å². The first-order valence-electron chi connectivity index (χ1n) is 10.1. The van der Waals surface area contributed by atoms with E-state index in [9.17, 15) is 13.2 Å². The Balaban J connectivity index is 2.01. The third-order valence-corrected chi connectivity index (χ3v) is 3.79. The Morgan fingerprint density at radius 3 is 2.54 bits per heavy atom. The summed E-state index contributed by atoms with van der Waals surface area (Å²) in [6.07, 6.45) is -1.31. The molecule has 6 nitrogen and oxygen atoms in total. The van der Waals surface area contributed by atoms with Gasteiger partial charge >= 0.3 is 10.1 Å². The van der Waals surface area contributed by atoms with E-state index in [4.69, 9.17) is 20.1 Å². The lowest BCUT2D eigenvalue weighted by Gasteiger charge is -2.09. The highest BCUT2D eigenvalue weighted by Crippen LogP contribution is 2.32. The van der Waals surface area contributed by atoms with Gasteiger partial charge in [-0.1, -0.05) is 60.5 Å². The molecule has 1 aliphatic rings. The van der Waals surface area contributed by atoms with Crippen molar-refractivity contribution in [3.63, 3.8) is 0 Å². The number of carbonyl (C=O) groups is 1. The molecule has 0 spiro atoms. The number of ether oxygens (including phenoxy) is 1. The van der Waals surface area contributed by atoms with Crippen LogP contribution in [0.4, 0.5) is 0 Å². The van der Waals surface area contributed by atoms with Gasteiger partial charge in [-0.05, 0) is 5.56 Å². The highest BCUT2D eigenvalue weighted by molar-refractivity contribution is 7.86. The van der Waals surface area contributed by atoms with Crippen molar-refractivity contribution in [1.82, 2.24) is 0 Å². The molecule has 2 N–H and O–H groups in total. The molecule has 0 fully saturated rings. The summed E-state index contributed by atoms with van der Waals surface area (Å²) in [7, 11) is -5.43. The Kier molecular flexibility index (Phi) is 2.52. The van der Waals surface area contributed by atoms with E-state index in [2.05, 4.69) is 4.18 Å². The molecule has 3 rings (SSSR count). The van der Waals surface area contributed by atoms with Crippen molar-refractivity contribution in [3.8, 4) is 0 Å². The van der Waals surface area contributed by atoms with E-state index in [0.29, 0.717) is 5.56 Å². The van der Waals surface area contributed by atoms with Gasteiger partial charge in [-0.2, -0.15) is 8.42 Å². The number of ketones is 1. The Labute approximate surface area is 149 Å². The van der Waals surface area contributed by atoms with Crippen LogP contribution in [0, 0.1) is 0 Å². The van der Waals surface area contributed by atoms with Gasteiger partial charge in [-0.15, -0.1) is 0 Å². The number of nitrogens with two attached hydrogens (primary N) is 1. The van der Waals surface area contributed by atoms with Crippen LogP contribution in [0.15, 0.2) is 72.2 Å². The standard InChI is InChI=1S/C17H15NO5S/c18-17-16(14(19)15(22-17)13-9-5-2-6-10-13)23-24(20,21)11-12-7-3-1-4-8-12/h1-10,15H,11,18H2/i1D,3D,4D,7D,8D,11D2. The Bertz CT molecular complexity index is 1190. The number of rotatable bonds is 5. The molecule has 0 radical (unpaired) electrons. The van der Waals surface area contributed by atoms with Crippen molar-refractivity contribution in [2.75, 3.05) is 0 Å². The van der Waals surface area contributed by atoms with Crippen LogP contribution < -0.4 is 5.73 Å². The van der Waals surface area contributed by atoms with Crippen LogP contribution in [-0.2, 0) is 29.5 Å². The topological polar surface area (TPSA) is 95.7 Å². The summed E-state index contributed by atoms with van der Waals surface area (Å²) in [6, 6.07) is 3.11. The second-order valence-electron chi connectivity index (χ2n) is 4.61. The highest BCUT2D eigenvalue weighted by Gasteiger charge is 2.39. The average molecular weight is 352 g/mol. The zero-order valence-corrected chi connectivity index (χ0v) is 12.8. The van der Waals surface area contributed by atoms with Crippen LogP contribution in [0.3, 0.4) is 0 Å². The number of hydrogen-bond donors (Lipinski definition) is 1.